The van der Waals surface area contributed by atoms with Gasteiger partial charge in [0.15, 0.2) is 0 Å². The quantitative estimate of drug-likeness (QED) is 0.611. The van der Waals surface area contributed by atoms with Gasteiger partial charge >= 0.3 is 5.97 Å². The van der Waals surface area contributed by atoms with Crippen molar-refractivity contribution in [2.24, 2.45) is 0 Å². The minimum atomic E-state index is -1.11. The van der Waals surface area contributed by atoms with Crippen LogP contribution in [0.4, 0.5) is 10.1 Å². The van der Waals surface area contributed by atoms with Gasteiger partial charge in [-0.05, 0) is 42.3 Å². The third-order valence-electron chi connectivity index (χ3n) is 4.81. The molecule has 148 valence electrons. The first-order valence-electron chi connectivity index (χ1n) is 9.16. The molecule has 0 saturated heterocycles. The summed E-state index contributed by atoms with van der Waals surface area (Å²) in [5.41, 5.74) is 2.12. The number of ether oxygens (including phenoxy) is 1. The molecule has 1 aliphatic heterocycles. The fraction of sp³-hybridized carbons (Fsp3) is 0.182. The van der Waals surface area contributed by atoms with Gasteiger partial charge in [0.1, 0.15) is 16.4 Å². The Kier molecular flexibility index (Phi) is 5.07. The van der Waals surface area contributed by atoms with Gasteiger partial charge in [0.05, 0.1) is 12.3 Å². The molecule has 2 heterocycles. The summed E-state index contributed by atoms with van der Waals surface area (Å²) < 4.78 is 19.3. The lowest BCUT2D eigenvalue weighted by Gasteiger charge is -2.24. The van der Waals surface area contributed by atoms with Crippen molar-refractivity contribution >= 4 is 28.9 Å². The number of hydrogen-bond donors (Lipinski definition) is 2. The van der Waals surface area contributed by atoms with Crippen molar-refractivity contribution in [2.75, 3.05) is 11.9 Å². The third kappa shape index (κ3) is 3.61. The van der Waals surface area contributed by atoms with Gasteiger partial charge < -0.3 is 15.2 Å². The molecular weight excluding hydrogens is 393 g/mol. The number of thiophene rings is 1. The van der Waals surface area contributed by atoms with Gasteiger partial charge in [-0.25, -0.2) is 9.18 Å². The second-order valence-corrected chi connectivity index (χ2v) is 7.72. The topological polar surface area (TPSA) is 75.6 Å². The smallest absolute Gasteiger partial charge is 0.346 e. The maximum Gasteiger partial charge on any atom is 0.346 e. The van der Waals surface area contributed by atoms with Crippen LogP contribution in [-0.4, -0.2) is 23.6 Å². The molecule has 7 heteroatoms. The highest BCUT2D eigenvalue weighted by molar-refractivity contribution is 7.15. The van der Waals surface area contributed by atoms with E-state index in [1.54, 1.807) is 6.07 Å². The molecule has 0 aliphatic carbocycles. The number of hydrogen-bond acceptors (Lipinski definition) is 4. The van der Waals surface area contributed by atoms with Crippen LogP contribution in [0, 0.1) is 5.82 Å². The Balaban J connectivity index is 1.86. The lowest BCUT2D eigenvalue weighted by Crippen LogP contribution is -2.22. The average molecular weight is 411 g/mol. The molecule has 2 N–H and O–H groups in total. The summed E-state index contributed by atoms with van der Waals surface area (Å²) >= 11 is 1.12. The molecule has 0 bridgehead atoms. The first-order valence-corrected chi connectivity index (χ1v) is 9.98. The van der Waals surface area contributed by atoms with Crippen LogP contribution in [0.1, 0.15) is 39.4 Å². The fourth-order valence-electron chi connectivity index (χ4n) is 3.59. The van der Waals surface area contributed by atoms with E-state index in [0.29, 0.717) is 23.4 Å². The minimum Gasteiger partial charge on any atom is -0.494 e. The van der Waals surface area contributed by atoms with Crippen molar-refractivity contribution in [3.05, 3.63) is 69.7 Å². The zero-order valence-corrected chi connectivity index (χ0v) is 16.4. The van der Waals surface area contributed by atoms with Crippen LogP contribution in [0.15, 0.2) is 48.5 Å². The van der Waals surface area contributed by atoms with E-state index in [2.05, 4.69) is 5.32 Å². The summed E-state index contributed by atoms with van der Waals surface area (Å²) in [5, 5.41) is 12.6. The summed E-state index contributed by atoms with van der Waals surface area (Å²) in [6.07, 6.45) is 0.211. The molecule has 0 saturated carbocycles. The van der Waals surface area contributed by atoms with Crippen LogP contribution in [-0.2, 0) is 4.79 Å². The highest BCUT2D eigenvalue weighted by Gasteiger charge is 2.34. The first-order chi connectivity index (χ1) is 14.0. The van der Waals surface area contributed by atoms with Crippen molar-refractivity contribution in [3.63, 3.8) is 0 Å². The largest absolute Gasteiger partial charge is 0.494 e. The van der Waals surface area contributed by atoms with Crippen LogP contribution < -0.4 is 10.1 Å². The van der Waals surface area contributed by atoms with Crippen molar-refractivity contribution in [3.8, 4) is 16.9 Å². The zero-order chi connectivity index (χ0) is 20.5. The molecule has 5 nitrogen and oxygen atoms in total. The van der Waals surface area contributed by atoms with Crippen molar-refractivity contribution in [1.29, 1.82) is 0 Å². The minimum absolute atomic E-state index is 0.0822. The number of carbonyl (C=O) groups excluding carboxylic acids is 1. The number of carboxylic acids is 1. The molecule has 2 aromatic carbocycles. The summed E-state index contributed by atoms with van der Waals surface area (Å²) in [7, 11) is 0. The molecule has 0 radical (unpaired) electrons. The molecule has 0 spiro atoms. The maximum absolute atomic E-state index is 13.8. The highest BCUT2D eigenvalue weighted by atomic mass is 32.1. The van der Waals surface area contributed by atoms with E-state index in [4.69, 9.17) is 4.74 Å². The van der Waals surface area contributed by atoms with Gasteiger partial charge in [-0.15, -0.1) is 11.3 Å². The summed E-state index contributed by atoms with van der Waals surface area (Å²) in [4.78, 5) is 25.2. The maximum atomic E-state index is 13.8. The lowest BCUT2D eigenvalue weighted by atomic mass is 9.88. The van der Waals surface area contributed by atoms with Crippen molar-refractivity contribution < 1.29 is 23.8 Å². The fourth-order valence-corrected chi connectivity index (χ4v) is 4.84. The Morgan fingerprint density at radius 3 is 2.69 bits per heavy atom. The highest BCUT2D eigenvalue weighted by Crippen LogP contribution is 2.49. The van der Waals surface area contributed by atoms with E-state index in [-0.39, 0.29) is 23.1 Å². The average Bonchev–Trinajstić information content (AvgIpc) is 3.08. The van der Waals surface area contributed by atoms with Crippen LogP contribution in [0.25, 0.3) is 11.1 Å². The normalized spacial score (nSPS) is 15.5. The Morgan fingerprint density at radius 1 is 1.28 bits per heavy atom. The van der Waals surface area contributed by atoms with Gasteiger partial charge in [-0.3, -0.25) is 4.79 Å². The van der Waals surface area contributed by atoms with Gasteiger partial charge in [0.2, 0.25) is 5.91 Å². The Bertz CT molecular complexity index is 1090. The van der Waals surface area contributed by atoms with E-state index >= 15 is 0 Å². The van der Waals surface area contributed by atoms with Crippen LogP contribution in [0.3, 0.4) is 0 Å². The van der Waals surface area contributed by atoms with Crippen LogP contribution in [0.2, 0.25) is 0 Å². The zero-order valence-electron chi connectivity index (χ0n) is 15.6. The van der Waals surface area contributed by atoms with Gasteiger partial charge in [-0.2, -0.15) is 0 Å². The van der Waals surface area contributed by atoms with Crippen LogP contribution >= 0.6 is 11.3 Å². The van der Waals surface area contributed by atoms with E-state index in [9.17, 15) is 19.1 Å². The molecule has 4 rings (SSSR count). The number of fused-ring (bicyclic) bond motifs is 1. The van der Waals surface area contributed by atoms with Crippen LogP contribution in [0.5, 0.6) is 5.75 Å². The monoisotopic (exact) mass is 411 g/mol. The molecule has 0 fully saturated rings. The number of halogens is 1. The molecule has 3 aromatic rings. The van der Waals surface area contributed by atoms with Crippen molar-refractivity contribution in [2.45, 2.75) is 19.3 Å². The van der Waals surface area contributed by atoms with E-state index in [0.717, 1.165) is 27.5 Å². The molecule has 1 aliphatic rings. The summed E-state index contributed by atoms with van der Waals surface area (Å²) in [5.74, 6) is -1.33. The standard InChI is InChI=1S/C22H18FNO4S/c1-2-28-15-8-6-12(7-9-15)16-11-17(25)24-19-18(13-4-3-5-14(23)10-13)21(22(26)27)29-20(16)19/h3-10,16H,2,11H2,1H3,(H,24,25)(H,26,27)/t16-/m0/s1. The number of rotatable bonds is 5. The number of benzene rings is 2. The number of nitrogens with one attached hydrogen (secondary N) is 1. The van der Waals surface area contributed by atoms with Gasteiger partial charge in [0.25, 0.3) is 0 Å². The SMILES string of the molecule is CCOc1ccc([C@@H]2CC(=O)Nc3c2sc(C(=O)O)c3-c2cccc(F)c2)cc1. The Morgan fingerprint density at radius 2 is 2.03 bits per heavy atom. The van der Waals surface area contributed by atoms with E-state index < -0.39 is 11.8 Å². The predicted molar refractivity (Wildman–Crippen MR) is 109 cm³/mol. The Hall–Kier alpha value is -3.19. The third-order valence-corrected chi connectivity index (χ3v) is 6.10. The molecule has 29 heavy (non-hydrogen) atoms. The second kappa shape index (κ2) is 7.67. The lowest BCUT2D eigenvalue weighted by molar-refractivity contribution is -0.116. The number of carbonyl (C=O) groups is 2. The first kappa shape index (κ1) is 19.1. The van der Waals surface area contributed by atoms with E-state index in [1.807, 2.05) is 31.2 Å². The molecular formula is C22H18FNO4S. The number of amides is 1. The molecule has 1 amide bonds. The van der Waals surface area contributed by atoms with E-state index in [1.165, 1.54) is 18.2 Å². The van der Waals surface area contributed by atoms with Gasteiger partial charge in [0, 0.05) is 22.8 Å². The number of anilines is 1. The second-order valence-electron chi connectivity index (χ2n) is 6.67. The Labute approximate surface area is 170 Å². The molecule has 1 atom stereocenters. The molecule has 1 aromatic heterocycles. The number of aromatic carboxylic acids is 1. The predicted octanol–water partition coefficient (Wildman–Crippen LogP) is 5.13. The number of carboxylic acid groups (broad SMARTS) is 1. The molecule has 0 unspecified atom stereocenters. The van der Waals surface area contributed by atoms with Crippen molar-refractivity contribution in [1.82, 2.24) is 0 Å². The summed E-state index contributed by atoms with van der Waals surface area (Å²) in [6.45, 7) is 2.46. The summed E-state index contributed by atoms with van der Waals surface area (Å²) in [6, 6.07) is 13.2. The van der Waals surface area contributed by atoms with Gasteiger partial charge in [-0.1, -0.05) is 24.3 Å².